The van der Waals surface area contributed by atoms with Crippen molar-refractivity contribution in [3.63, 3.8) is 0 Å². The third kappa shape index (κ3) is 3.77. The molecule has 0 saturated carbocycles. The Kier molecular flexibility index (Phi) is 4.98. The SMILES string of the molecule is CCNCC1CCCOC1c1csc(C(C)(C)C)n1. The molecule has 4 heteroatoms. The van der Waals surface area contributed by atoms with E-state index in [-0.39, 0.29) is 11.5 Å². The summed E-state index contributed by atoms with van der Waals surface area (Å²) < 4.78 is 6.00. The fourth-order valence-corrected chi connectivity index (χ4v) is 3.40. The predicted octanol–water partition coefficient (Wildman–Crippen LogP) is 3.52. The molecule has 0 bridgehead atoms. The van der Waals surface area contributed by atoms with Crippen LogP contribution in [0.3, 0.4) is 0 Å². The molecule has 0 aromatic carbocycles. The van der Waals surface area contributed by atoms with E-state index in [2.05, 4.69) is 38.4 Å². The van der Waals surface area contributed by atoms with Crippen molar-refractivity contribution in [3.8, 4) is 0 Å². The zero-order valence-corrected chi connectivity index (χ0v) is 13.3. The second-order valence-electron chi connectivity index (χ2n) is 6.33. The van der Waals surface area contributed by atoms with E-state index in [9.17, 15) is 0 Å². The van der Waals surface area contributed by atoms with Crippen LogP contribution in [0.15, 0.2) is 5.38 Å². The summed E-state index contributed by atoms with van der Waals surface area (Å²) in [6, 6.07) is 0. The van der Waals surface area contributed by atoms with Crippen molar-refractivity contribution in [1.82, 2.24) is 10.3 Å². The summed E-state index contributed by atoms with van der Waals surface area (Å²) in [6.45, 7) is 11.7. The number of rotatable bonds is 4. The quantitative estimate of drug-likeness (QED) is 0.917. The number of nitrogens with zero attached hydrogens (tertiary/aromatic N) is 1. The molecule has 1 fully saturated rings. The lowest BCUT2D eigenvalue weighted by molar-refractivity contribution is -0.0298. The standard InChI is InChI=1S/C15H26N2OS/c1-5-16-9-11-7-6-8-18-13(11)12-10-19-14(17-12)15(2,3)4/h10-11,13,16H,5-9H2,1-4H3. The van der Waals surface area contributed by atoms with Crippen molar-refractivity contribution in [2.45, 2.75) is 52.1 Å². The van der Waals surface area contributed by atoms with E-state index in [0.29, 0.717) is 5.92 Å². The average Bonchev–Trinajstić information content (AvgIpc) is 2.86. The first kappa shape index (κ1) is 14.9. The molecule has 2 atom stereocenters. The van der Waals surface area contributed by atoms with Gasteiger partial charge in [0.15, 0.2) is 0 Å². The molecule has 2 rings (SSSR count). The van der Waals surface area contributed by atoms with Crippen molar-refractivity contribution in [2.75, 3.05) is 19.7 Å². The summed E-state index contributed by atoms with van der Waals surface area (Å²) >= 11 is 1.76. The van der Waals surface area contributed by atoms with Gasteiger partial charge in [-0.15, -0.1) is 11.3 Å². The van der Waals surface area contributed by atoms with Crippen LogP contribution in [0.25, 0.3) is 0 Å². The minimum atomic E-state index is 0.134. The molecule has 2 unspecified atom stereocenters. The van der Waals surface area contributed by atoms with E-state index < -0.39 is 0 Å². The van der Waals surface area contributed by atoms with Gasteiger partial charge < -0.3 is 10.1 Å². The van der Waals surface area contributed by atoms with E-state index in [0.717, 1.165) is 25.4 Å². The van der Waals surface area contributed by atoms with Gasteiger partial charge in [0.2, 0.25) is 0 Å². The van der Waals surface area contributed by atoms with Gasteiger partial charge in [0, 0.05) is 29.9 Å². The Hall–Kier alpha value is -0.450. The fraction of sp³-hybridized carbons (Fsp3) is 0.800. The predicted molar refractivity (Wildman–Crippen MR) is 80.8 cm³/mol. The molecule has 19 heavy (non-hydrogen) atoms. The Labute approximate surface area is 120 Å². The Balaban J connectivity index is 2.11. The maximum absolute atomic E-state index is 6.00. The van der Waals surface area contributed by atoms with Crippen LogP contribution in [-0.4, -0.2) is 24.7 Å². The Morgan fingerprint density at radius 2 is 2.26 bits per heavy atom. The van der Waals surface area contributed by atoms with E-state index in [1.165, 1.54) is 17.8 Å². The van der Waals surface area contributed by atoms with Gasteiger partial charge in [-0.2, -0.15) is 0 Å². The van der Waals surface area contributed by atoms with Gasteiger partial charge in [0.05, 0.1) is 10.7 Å². The van der Waals surface area contributed by atoms with Crippen LogP contribution in [0.4, 0.5) is 0 Å². The summed E-state index contributed by atoms with van der Waals surface area (Å²) in [5, 5.41) is 6.85. The Morgan fingerprint density at radius 1 is 1.47 bits per heavy atom. The lowest BCUT2D eigenvalue weighted by Gasteiger charge is -2.31. The van der Waals surface area contributed by atoms with Crippen LogP contribution in [-0.2, 0) is 10.2 Å². The lowest BCUT2D eigenvalue weighted by Crippen LogP contribution is -2.32. The second kappa shape index (κ2) is 6.33. The van der Waals surface area contributed by atoms with Crippen LogP contribution in [0.5, 0.6) is 0 Å². The molecular formula is C15H26N2OS. The molecule has 2 heterocycles. The molecule has 1 saturated heterocycles. The highest BCUT2D eigenvalue weighted by molar-refractivity contribution is 7.09. The number of nitrogens with one attached hydrogen (secondary N) is 1. The van der Waals surface area contributed by atoms with Crippen molar-refractivity contribution in [1.29, 1.82) is 0 Å². The summed E-state index contributed by atoms with van der Waals surface area (Å²) in [5.41, 5.74) is 1.27. The number of ether oxygens (including phenoxy) is 1. The van der Waals surface area contributed by atoms with E-state index in [1.54, 1.807) is 11.3 Å². The molecule has 0 amide bonds. The van der Waals surface area contributed by atoms with Gasteiger partial charge in [-0.25, -0.2) is 4.98 Å². The van der Waals surface area contributed by atoms with Gasteiger partial charge >= 0.3 is 0 Å². The van der Waals surface area contributed by atoms with Crippen LogP contribution in [0, 0.1) is 5.92 Å². The van der Waals surface area contributed by atoms with E-state index in [1.807, 2.05) is 0 Å². The molecular weight excluding hydrogens is 256 g/mol. The fourth-order valence-electron chi connectivity index (χ4n) is 2.47. The van der Waals surface area contributed by atoms with Crippen LogP contribution in [0.2, 0.25) is 0 Å². The molecule has 3 nitrogen and oxygen atoms in total. The minimum Gasteiger partial charge on any atom is -0.372 e. The van der Waals surface area contributed by atoms with Gasteiger partial charge in [-0.1, -0.05) is 27.7 Å². The van der Waals surface area contributed by atoms with Crippen molar-refractivity contribution in [3.05, 3.63) is 16.1 Å². The smallest absolute Gasteiger partial charge is 0.104 e. The second-order valence-corrected chi connectivity index (χ2v) is 7.19. The number of aromatic nitrogens is 1. The maximum Gasteiger partial charge on any atom is 0.104 e. The number of hydrogen-bond donors (Lipinski definition) is 1. The first-order chi connectivity index (χ1) is 9.02. The molecule has 0 radical (unpaired) electrons. The van der Waals surface area contributed by atoms with Crippen LogP contribution >= 0.6 is 11.3 Å². The van der Waals surface area contributed by atoms with Crippen molar-refractivity contribution in [2.24, 2.45) is 5.92 Å². The molecule has 0 aliphatic carbocycles. The summed E-state index contributed by atoms with van der Waals surface area (Å²) in [5.74, 6) is 0.559. The molecule has 0 spiro atoms. The number of thiazole rings is 1. The molecule has 1 N–H and O–H groups in total. The normalized spacial score (nSPS) is 24.6. The van der Waals surface area contributed by atoms with Gasteiger partial charge in [0.25, 0.3) is 0 Å². The van der Waals surface area contributed by atoms with Gasteiger partial charge in [0.1, 0.15) is 6.10 Å². The highest BCUT2D eigenvalue weighted by atomic mass is 32.1. The molecule has 1 aliphatic heterocycles. The topological polar surface area (TPSA) is 34.1 Å². The van der Waals surface area contributed by atoms with Crippen LogP contribution in [0.1, 0.15) is 57.3 Å². The highest BCUT2D eigenvalue weighted by Gasteiger charge is 2.30. The molecule has 108 valence electrons. The molecule has 1 aromatic heterocycles. The Bertz CT molecular complexity index is 397. The minimum absolute atomic E-state index is 0.134. The third-order valence-electron chi connectivity index (χ3n) is 3.56. The van der Waals surface area contributed by atoms with E-state index in [4.69, 9.17) is 9.72 Å². The number of hydrogen-bond acceptors (Lipinski definition) is 4. The monoisotopic (exact) mass is 282 g/mol. The van der Waals surface area contributed by atoms with Crippen molar-refractivity contribution < 1.29 is 4.74 Å². The maximum atomic E-state index is 6.00. The average molecular weight is 282 g/mol. The third-order valence-corrected chi connectivity index (χ3v) is 4.84. The zero-order chi connectivity index (χ0) is 13.9. The summed E-state index contributed by atoms with van der Waals surface area (Å²) in [6.07, 6.45) is 2.59. The molecule has 1 aliphatic rings. The summed E-state index contributed by atoms with van der Waals surface area (Å²) in [4.78, 5) is 4.83. The Morgan fingerprint density at radius 3 is 2.89 bits per heavy atom. The molecule has 1 aromatic rings. The lowest BCUT2D eigenvalue weighted by atomic mass is 9.92. The first-order valence-electron chi connectivity index (χ1n) is 7.30. The van der Waals surface area contributed by atoms with E-state index >= 15 is 0 Å². The van der Waals surface area contributed by atoms with Gasteiger partial charge in [-0.05, 0) is 19.4 Å². The zero-order valence-electron chi connectivity index (χ0n) is 12.5. The highest BCUT2D eigenvalue weighted by Crippen LogP contribution is 2.35. The first-order valence-corrected chi connectivity index (χ1v) is 8.18. The van der Waals surface area contributed by atoms with Crippen molar-refractivity contribution >= 4 is 11.3 Å². The summed E-state index contributed by atoms with van der Waals surface area (Å²) in [7, 11) is 0. The van der Waals surface area contributed by atoms with Crippen LogP contribution < -0.4 is 5.32 Å². The van der Waals surface area contributed by atoms with Gasteiger partial charge in [-0.3, -0.25) is 0 Å². The largest absolute Gasteiger partial charge is 0.372 e.